The Kier molecular flexibility index (Phi) is 3.96. The van der Waals surface area contributed by atoms with Crippen LogP contribution in [0.3, 0.4) is 0 Å². The molecule has 0 spiro atoms. The predicted octanol–water partition coefficient (Wildman–Crippen LogP) is 2.10. The standard InChI is InChI=1S/C12H26N2/c1-10(9-13-5)11(2)14-8-6-7-12(14,3)4/h10-11,13H,6-9H2,1-5H3. The van der Waals surface area contributed by atoms with E-state index < -0.39 is 0 Å². The van der Waals surface area contributed by atoms with Crippen molar-refractivity contribution < 1.29 is 0 Å². The van der Waals surface area contributed by atoms with Crippen LogP contribution in [-0.4, -0.2) is 36.6 Å². The van der Waals surface area contributed by atoms with Crippen LogP contribution in [0.5, 0.6) is 0 Å². The SMILES string of the molecule is CNCC(C)C(C)N1CCCC1(C)C. The van der Waals surface area contributed by atoms with E-state index in [9.17, 15) is 0 Å². The van der Waals surface area contributed by atoms with E-state index in [0.29, 0.717) is 11.6 Å². The van der Waals surface area contributed by atoms with Gasteiger partial charge in [-0.25, -0.2) is 0 Å². The smallest absolute Gasteiger partial charge is 0.0156 e. The Morgan fingerprint density at radius 1 is 1.36 bits per heavy atom. The van der Waals surface area contributed by atoms with Crippen molar-refractivity contribution in [2.75, 3.05) is 20.1 Å². The highest BCUT2D eigenvalue weighted by Crippen LogP contribution is 2.32. The minimum Gasteiger partial charge on any atom is -0.319 e. The van der Waals surface area contributed by atoms with Gasteiger partial charge in [0.2, 0.25) is 0 Å². The summed E-state index contributed by atoms with van der Waals surface area (Å²) in [5, 5.41) is 3.27. The number of rotatable bonds is 4. The second-order valence-corrected chi connectivity index (χ2v) is 5.38. The van der Waals surface area contributed by atoms with Gasteiger partial charge in [-0.1, -0.05) is 6.92 Å². The molecule has 1 N–H and O–H groups in total. The molecule has 0 amide bonds. The van der Waals surface area contributed by atoms with Gasteiger partial charge in [0.15, 0.2) is 0 Å². The van der Waals surface area contributed by atoms with Gasteiger partial charge in [-0.3, -0.25) is 4.90 Å². The van der Waals surface area contributed by atoms with Crippen LogP contribution in [-0.2, 0) is 0 Å². The molecule has 84 valence electrons. The summed E-state index contributed by atoms with van der Waals surface area (Å²) < 4.78 is 0. The zero-order valence-corrected chi connectivity index (χ0v) is 10.4. The Bertz CT molecular complexity index is 177. The molecule has 2 atom stereocenters. The van der Waals surface area contributed by atoms with Gasteiger partial charge in [-0.15, -0.1) is 0 Å². The molecule has 0 saturated carbocycles. The van der Waals surface area contributed by atoms with Crippen molar-refractivity contribution in [1.29, 1.82) is 0 Å². The van der Waals surface area contributed by atoms with Gasteiger partial charge >= 0.3 is 0 Å². The van der Waals surface area contributed by atoms with Crippen molar-refractivity contribution in [3.63, 3.8) is 0 Å². The third-order valence-corrected chi connectivity index (χ3v) is 3.81. The molecule has 0 aromatic rings. The zero-order valence-electron chi connectivity index (χ0n) is 10.4. The molecular formula is C12H26N2. The van der Waals surface area contributed by atoms with Gasteiger partial charge in [-0.05, 0) is 59.7 Å². The molecule has 1 rings (SSSR count). The molecule has 1 fully saturated rings. The Labute approximate surface area is 89.1 Å². The largest absolute Gasteiger partial charge is 0.319 e. The summed E-state index contributed by atoms with van der Waals surface area (Å²) in [7, 11) is 2.04. The Morgan fingerprint density at radius 3 is 2.43 bits per heavy atom. The topological polar surface area (TPSA) is 15.3 Å². The first-order valence-electron chi connectivity index (χ1n) is 5.90. The lowest BCUT2D eigenvalue weighted by Crippen LogP contribution is -2.48. The molecular weight excluding hydrogens is 172 g/mol. The highest BCUT2D eigenvalue weighted by atomic mass is 15.2. The van der Waals surface area contributed by atoms with E-state index >= 15 is 0 Å². The lowest BCUT2D eigenvalue weighted by atomic mass is 9.96. The van der Waals surface area contributed by atoms with E-state index in [-0.39, 0.29) is 0 Å². The molecule has 0 aromatic carbocycles. The first-order valence-corrected chi connectivity index (χ1v) is 5.90. The molecule has 0 aliphatic carbocycles. The normalized spacial score (nSPS) is 26.4. The second-order valence-electron chi connectivity index (χ2n) is 5.38. The summed E-state index contributed by atoms with van der Waals surface area (Å²) in [6, 6.07) is 0.694. The predicted molar refractivity (Wildman–Crippen MR) is 62.6 cm³/mol. The van der Waals surface area contributed by atoms with Gasteiger partial charge in [-0.2, -0.15) is 0 Å². The molecule has 2 heteroatoms. The van der Waals surface area contributed by atoms with Gasteiger partial charge in [0.1, 0.15) is 0 Å². The summed E-state index contributed by atoms with van der Waals surface area (Å²) in [5.41, 5.74) is 0.418. The van der Waals surface area contributed by atoms with E-state index in [0.717, 1.165) is 12.5 Å². The number of nitrogens with zero attached hydrogens (tertiary/aromatic N) is 1. The quantitative estimate of drug-likeness (QED) is 0.744. The molecule has 0 bridgehead atoms. The number of hydrogen-bond donors (Lipinski definition) is 1. The van der Waals surface area contributed by atoms with Crippen LogP contribution in [0.2, 0.25) is 0 Å². The van der Waals surface area contributed by atoms with Crippen LogP contribution in [0.4, 0.5) is 0 Å². The fourth-order valence-corrected chi connectivity index (χ4v) is 2.68. The molecule has 0 radical (unpaired) electrons. The molecule has 1 aliphatic rings. The van der Waals surface area contributed by atoms with E-state index in [2.05, 4.69) is 37.9 Å². The molecule has 14 heavy (non-hydrogen) atoms. The van der Waals surface area contributed by atoms with Crippen molar-refractivity contribution in [3.05, 3.63) is 0 Å². The third kappa shape index (κ3) is 2.48. The summed E-state index contributed by atoms with van der Waals surface area (Å²) in [5.74, 6) is 0.734. The monoisotopic (exact) mass is 198 g/mol. The first kappa shape index (κ1) is 12.0. The molecule has 2 nitrogen and oxygen atoms in total. The molecule has 0 aromatic heterocycles. The molecule has 1 heterocycles. The Morgan fingerprint density at radius 2 is 2.00 bits per heavy atom. The van der Waals surface area contributed by atoms with E-state index in [4.69, 9.17) is 0 Å². The lowest BCUT2D eigenvalue weighted by molar-refractivity contribution is 0.0924. The number of hydrogen-bond acceptors (Lipinski definition) is 2. The minimum absolute atomic E-state index is 0.418. The second kappa shape index (κ2) is 4.63. The van der Waals surface area contributed by atoms with Crippen LogP contribution in [0.1, 0.15) is 40.5 Å². The molecule has 2 unspecified atom stereocenters. The fraction of sp³-hybridized carbons (Fsp3) is 1.00. The minimum atomic E-state index is 0.418. The zero-order chi connectivity index (χ0) is 10.8. The summed E-state index contributed by atoms with van der Waals surface area (Å²) in [4.78, 5) is 2.68. The van der Waals surface area contributed by atoms with Crippen molar-refractivity contribution >= 4 is 0 Å². The van der Waals surface area contributed by atoms with Crippen LogP contribution < -0.4 is 5.32 Å². The average molecular weight is 198 g/mol. The summed E-state index contributed by atoms with van der Waals surface area (Å²) in [6.07, 6.45) is 2.72. The van der Waals surface area contributed by atoms with Crippen molar-refractivity contribution in [1.82, 2.24) is 10.2 Å². The number of likely N-dealkylation sites (tertiary alicyclic amines) is 1. The van der Waals surface area contributed by atoms with Crippen molar-refractivity contribution in [3.8, 4) is 0 Å². The van der Waals surface area contributed by atoms with E-state index in [1.165, 1.54) is 19.4 Å². The summed E-state index contributed by atoms with van der Waals surface area (Å²) in [6.45, 7) is 11.9. The van der Waals surface area contributed by atoms with Gasteiger partial charge in [0.05, 0.1) is 0 Å². The van der Waals surface area contributed by atoms with Crippen molar-refractivity contribution in [2.45, 2.75) is 52.1 Å². The molecule has 1 saturated heterocycles. The Balaban J connectivity index is 2.55. The van der Waals surface area contributed by atoms with E-state index in [1.54, 1.807) is 0 Å². The third-order valence-electron chi connectivity index (χ3n) is 3.81. The fourth-order valence-electron chi connectivity index (χ4n) is 2.68. The average Bonchev–Trinajstić information content (AvgIpc) is 2.44. The highest BCUT2D eigenvalue weighted by molar-refractivity contribution is 4.92. The van der Waals surface area contributed by atoms with Crippen LogP contribution in [0, 0.1) is 5.92 Å². The lowest BCUT2D eigenvalue weighted by Gasteiger charge is -2.39. The first-order chi connectivity index (χ1) is 6.49. The van der Waals surface area contributed by atoms with Crippen LogP contribution >= 0.6 is 0 Å². The van der Waals surface area contributed by atoms with Gasteiger partial charge in [0, 0.05) is 11.6 Å². The number of nitrogens with one attached hydrogen (secondary N) is 1. The van der Waals surface area contributed by atoms with Crippen molar-refractivity contribution in [2.24, 2.45) is 5.92 Å². The van der Waals surface area contributed by atoms with Crippen LogP contribution in [0.25, 0.3) is 0 Å². The molecule has 1 aliphatic heterocycles. The van der Waals surface area contributed by atoms with Gasteiger partial charge < -0.3 is 5.32 Å². The maximum absolute atomic E-state index is 3.27. The maximum Gasteiger partial charge on any atom is 0.0156 e. The highest BCUT2D eigenvalue weighted by Gasteiger charge is 2.36. The van der Waals surface area contributed by atoms with E-state index in [1.807, 2.05) is 7.05 Å². The Hall–Kier alpha value is -0.0800. The maximum atomic E-state index is 3.27. The van der Waals surface area contributed by atoms with Gasteiger partial charge in [0.25, 0.3) is 0 Å². The summed E-state index contributed by atoms with van der Waals surface area (Å²) >= 11 is 0. The van der Waals surface area contributed by atoms with Crippen LogP contribution in [0.15, 0.2) is 0 Å².